The fourth-order valence-electron chi connectivity index (χ4n) is 2.41. The Morgan fingerprint density at radius 2 is 2.27 bits per heavy atom. The summed E-state index contributed by atoms with van der Waals surface area (Å²) in [5.74, 6) is -0.736. The van der Waals surface area contributed by atoms with Gasteiger partial charge in [-0.25, -0.2) is 0 Å². The highest BCUT2D eigenvalue weighted by Crippen LogP contribution is 2.33. The van der Waals surface area contributed by atoms with E-state index in [0.29, 0.717) is 23.1 Å². The van der Waals surface area contributed by atoms with Crippen LogP contribution in [-0.2, 0) is 4.79 Å². The van der Waals surface area contributed by atoms with E-state index in [1.807, 2.05) is 0 Å². The maximum Gasteiger partial charge on any atom is 0.311 e. The minimum absolute atomic E-state index is 0.175. The lowest BCUT2D eigenvalue weighted by Crippen LogP contribution is -2.35. The van der Waals surface area contributed by atoms with E-state index >= 15 is 0 Å². The van der Waals surface area contributed by atoms with Gasteiger partial charge in [0.2, 0.25) is 0 Å². The molecule has 0 aromatic carbocycles. The van der Waals surface area contributed by atoms with Gasteiger partial charge in [0.15, 0.2) is 11.5 Å². The van der Waals surface area contributed by atoms with Crippen LogP contribution in [0.3, 0.4) is 0 Å². The van der Waals surface area contributed by atoms with Gasteiger partial charge in [-0.1, -0.05) is 16.8 Å². The molecule has 0 aliphatic carbocycles. The minimum atomic E-state index is -0.899. The Balaban J connectivity index is 1.77. The number of likely N-dealkylation sites (tertiary alicyclic amines) is 1. The first kappa shape index (κ1) is 15.1. The smallest absolute Gasteiger partial charge is 0.311 e. The first-order chi connectivity index (χ1) is 10.4. The zero-order chi connectivity index (χ0) is 15.9. The van der Waals surface area contributed by atoms with E-state index in [4.69, 9.17) is 16.1 Å². The van der Waals surface area contributed by atoms with E-state index in [0.717, 1.165) is 4.88 Å². The molecule has 1 fully saturated rings. The Morgan fingerprint density at radius 3 is 2.86 bits per heavy atom. The highest BCUT2D eigenvalue weighted by Gasteiger charge is 2.42. The second-order valence-corrected chi connectivity index (χ2v) is 7.24. The summed E-state index contributed by atoms with van der Waals surface area (Å²) in [5.41, 5.74) is -0.724. The zero-order valence-corrected chi connectivity index (χ0v) is 13.3. The Labute approximate surface area is 135 Å². The first-order valence-corrected chi connectivity index (χ1v) is 7.84. The standard InChI is InChI=1S/C14H13ClN2O4S/c1-14(13(19)20)4-5-17(7-14)12(18)8-6-9(21-16-8)10-2-3-11(15)22-10/h2-3,6H,4-5,7H2,1H3,(H,19,20). The molecule has 0 saturated carbocycles. The molecule has 0 spiro atoms. The SMILES string of the molecule is CC1(C(=O)O)CCN(C(=O)c2cc(-c3ccc(Cl)s3)on2)C1. The number of rotatable bonds is 3. The number of aromatic nitrogens is 1. The van der Waals surface area contributed by atoms with Gasteiger partial charge in [-0.2, -0.15) is 0 Å². The summed E-state index contributed by atoms with van der Waals surface area (Å²) < 4.78 is 5.80. The van der Waals surface area contributed by atoms with Crippen LogP contribution in [-0.4, -0.2) is 40.1 Å². The molecule has 2 aromatic heterocycles. The van der Waals surface area contributed by atoms with Crippen LogP contribution in [0.15, 0.2) is 22.7 Å². The van der Waals surface area contributed by atoms with Crippen LogP contribution in [0.25, 0.3) is 10.6 Å². The summed E-state index contributed by atoms with van der Waals surface area (Å²) in [4.78, 5) is 25.9. The number of halogens is 1. The average molecular weight is 341 g/mol. The van der Waals surface area contributed by atoms with E-state index < -0.39 is 11.4 Å². The molecular formula is C14H13ClN2O4S. The third-order valence-corrected chi connectivity index (χ3v) is 5.07. The fraction of sp³-hybridized carbons (Fsp3) is 0.357. The number of carboxylic acids is 1. The number of hydrogen-bond donors (Lipinski definition) is 1. The van der Waals surface area contributed by atoms with Crippen molar-refractivity contribution in [2.45, 2.75) is 13.3 Å². The second kappa shape index (κ2) is 5.40. The van der Waals surface area contributed by atoms with Crippen LogP contribution in [0, 0.1) is 5.41 Å². The quantitative estimate of drug-likeness (QED) is 0.928. The molecule has 8 heteroatoms. The predicted octanol–water partition coefficient (Wildman–Crippen LogP) is 2.99. The van der Waals surface area contributed by atoms with Crippen molar-refractivity contribution in [1.82, 2.24) is 10.1 Å². The van der Waals surface area contributed by atoms with Gasteiger partial charge < -0.3 is 14.5 Å². The van der Waals surface area contributed by atoms with Gasteiger partial charge in [-0.3, -0.25) is 9.59 Å². The third kappa shape index (κ3) is 2.62. The van der Waals surface area contributed by atoms with Crippen molar-refractivity contribution >= 4 is 34.8 Å². The number of carbonyl (C=O) groups is 2. The molecule has 6 nitrogen and oxygen atoms in total. The van der Waals surface area contributed by atoms with Crippen LogP contribution < -0.4 is 0 Å². The molecule has 1 amide bonds. The van der Waals surface area contributed by atoms with Gasteiger partial charge in [0.05, 0.1) is 14.6 Å². The lowest BCUT2D eigenvalue weighted by molar-refractivity contribution is -0.147. The molecule has 3 rings (SSSR count). The van der Waals surface area contributed by atoms with Crippen LogP contribution in [0.1, 0.15) is 23.8 Å². The highest BCUT2D eigenvalue weighted by atomic mass is 35.5. The van der Waals surface area contributed by atoms with Crippen molar-refractivity contribution in [2.24, 2.45) is 5.41 Å². The Kier molecular flexibility index (Phi) is 3.70. The van der Waals surface area contributed by atoms with Gasteiger partial charge in [0, 0.05) is 19.2 Å². The molecule has 1 atom stereocenters. The Bertz CT molecular complexity index is 741. The zero-order valence-electron chi connectivity index (χ0n) is 11.7. The predicted molar refractivity (Wildman–Crippen MR) is 81.1 cm³/mol. The van der Waals surface area contributed by atoms with Crippen molar-refractivity contribution in [1.29, 1.82) is 0 Å². The maximum atomic E-state index is 12.4. The van der Waals surface area contributed by atoms with Crippen LogP contribution in [0.4, 0.5) is 0 Å². The molecule has 1 aliphatic rings. The molecule has 22 heavy (non-hydrogen) atoms. The maximum absolute atomic E-state index is 12.4. The summed E-state index contributed by atoms with van der Waals surface area (Å²) in [6.07, 6.45) is 0.430. The molecule has 0 bridgehead atoms. The van der Waals surface area contributed by atoms with E-state index in [2.05, 4.69) is 5.16 Å². The number of nitrogens with zero attached hydrogens (tertiary/aromatic N) is 2. The monoisotopic (exact) mass is 340 g/mol. The summed E-state index contributed by atoms with van der Waals surface area (Å²) >= 11 is 7.20. The van der Waals surface area contributed by atoms with Crippen molar-refractivity contribution in [3.8, 4) is 10.6 Å². The van der Waals surface area contributed by atoms with Gasteiger partial charge in [-0.15, -0.1) is 11.3 Å². The summed E-state index contributed by atoms with van der Waals surface area (Å²) in [5, 5.41) is 13.0. The summed E-state index contributed by atoms with van der Waals surface area (Å²) in [7, 11) is 0. The molecule has 0 radical (unpaired) electrons. The number of aliphatic carboxylic acids is 1. The van der Waals surface area contributed by atoms with Crippen molar-refractivity contribution in [3.05, 3.63) is 28.2 Å². The molecule has 1 N–H and O–H groups in total. The van der Waals surface area contributed by atoms with Crippen molar-refractivity contribution < 1.29 is 19.2 Å². The van der Waals surface area contributed by atoms with Crippen LogP contribution in [0.5, 0.6) is 0 Å². The lowest BCUT2D eigenvalue weighted by Gasteiger charge is -2.19. The summed E-state index contributed by atoms with van der Waals surface area (Å²) in [6, 6.07) is 5.09. The molecule has 3 heterocycles. The summed E-state index contributed by atoms with van der Waals surface area (Å²) in [6.45, 7) is 2.22. The Hall–Kier alpha value is -1.86. The average Bonchev–Trinajstić information content (AvgIpc) is 3.17. The van der Waals surface area contributed by atoms with Gasteiger partial charge in [-0.05, 0) is 25.5 Å². The lowest BCUT2D eigenvalue weighted by atomic mass is 9.90. The third-order valence-electron chi connectivity index (χ3n) is 3.82. The van der Waals surface area contributed by atoms with E-state index in [1.54, 1.807) is 25.1 Å². The first-order valence-electron chi connectivity index (χ1n) is 6.64. The van der Waals surface area contributed by atoms with Gasteiger partial charge in [0.1, 0.15) is 0 Å². The fourth-order valence-corrected chi connectivity index (χ4v) is 3.40. The molecule has 2 aromatic rings. The van der Waals surface area contributed by atoms with Gasteiger partial charge >= 0.3 is 5.97 Å². The topological polar surface area (TPSA) is 83.6 Å². The molecule has 1 saturated heterocycles. The van der Waals surface area contributed by atoms with Crippen LogP contribution in [0.2, 0.25) is 4.34 Å². The molecular weight excluding hydrogens is 328 g/mol. The van der Waals surface area contributed by atoms with E-state index in [-0.39, 0.29) is 18.1 Å². The number of carbonyl (C=O) groups excluding carboxylic acids is 1. The van der Waals surface area contributed by atoms with Crippen LogP contribution >= 0.6 is 22.9 Å². The van der Waals surface area contributed by atoms with E-state index in [1.165, 1.54) is 16.2 Å². The Morgan fingerprint density at radius 1 is 1.50 bits per heavy atom. The minimum Gasteiger partial charge on any atom is -0.481 e. The van der Waals surface area contributed by atoms with E-state index in [9.17, 15) is 14.7 Å². The van der Waals surface area contributed by atoms with Gasteiger partial charge in [0.25, 0.3) is 5.91 Å². The van der Waals surface area contributed by atoms with Crippen molar-refractivity contribution in [2.75, 3.05) is 13.1 Å². The molecule has 1 unspecified atom stereocenters. The number of hydrogen-bond acceptors (Lipinski definition) is 5. The normalized spacial score (nSPS) is 21.3. The largest absolute Gasteiger partial charge is 0.481 e. The number of thiophene rings is 1. The number of carboxylic acid groups (broad SMARTS) is 1. The molecule has 1 aliphatic heterocycles. The number of amides is 1. The van der Waals surface area contributed by atoms with Crippen molar-refractivity contribution in [3.63, 3.8) is 0 Å². The second-order valence-electron chi connectivity index (χ2n) is 5.52. The molecule has 116 valence electrons. The highest BCUT2D eigenvalue weighted by molar-refractivity contribution is 7.19.